The van der Waals surface area contributed by atoms with Crippen molar-refractivity contribution >= 4 is 23.2 Å². The number of carboxylic acids is 1. The van der Waals surface area contributed by atoms with Crippen molar-refractivity contribution in [1.29, 1.82) is 0 Å². The first-order chi connectivity index (χ1) is 20.5. The van der Waals surface area contributed by atoms with Crippen molar-refractivity contribution in [1.82, 2.24) is 9.88 Å². The lowest BCUT2D eigenvalue weighted by Gasteiger charge is -2.46. The lowest BCUT2D eigenvalue weighted by Crippen LogP contribution is -2.91. The van der Waals surface area contributed by atoms with Gasteiger partial charge in [-0.2, -0.15) is 13.2 Å². The molecule has 2 aromatic rings. The summed E-state index contributed by atoms with van der Waals surface area (Å²) >= 11 is 1.16. The van der Waals surface area contributed by atoms with Crippen LogP contribution in [0.3, 0.4) is 0 Å². The largest absolute Gasteiger partial charge is 0.542 e. The molecule has 7 nitrogen and oxygen atoms in total. The topological polar surface area (TPSA) is 107 Å². The monoisotopic (exact) mass is 629 g/mol. The van der Waals surface area contributed by atoms with Gasteiger partial charge >= 0.3 is 6.18 Å². The Balaban J connectivity index is 0.000000472. The lowest BCUT2D eigenvalue weighted by atomic mass is 9.71. The van der Waals surface area contributed by atoms with Gasteiger partial charge in [-0.05, 0) is 43.1 Å². The van der Waals surface area contributed by atoms with E-state index in [1.165, 1.54) is 37.7 Å². The van der Waals surface area contributed by atoms with Crippen molar-refractivity contribution in [2.24, 2.45) is 11.8 Å². The molecule has 1 aromatic carbocycles. The van der Waals surface area contributed by atoms with Crippen LogP contribution in [0.4, 0.5) is 22.0 Å². The van der Waals surface area contributed by atoms with Gasteiger partial charge in [-0.1, -0.05) is 49.6 Å². The molecule has 236 valence electrons. The molecular weight excluding hydrogens is 591 g/mol. The van der Waals surface area contributed by atoms with Crippen LogP contribution in [0.1, 0.15) is 78.4 Å². The second-order valence-corrected chi connectivity index (χ2v) is 13.2. The first-order valence-electron chi connectivity index (χ1n) is 15.1. The third-order valence-electron chi connectivity index (χ3n) is 9.70. The Hall–Kier alpha value is -2.64. The summed E-state index contributed by atoms with van der Waals surface area (Å²) in [6.45, 7) is 3.74. The molecule has 4 atom stereocenters. The summed E-state index contributed by atoms with van der Waals surface area (Å²) in [5.74, 6) is -1.85. The Labute approximate surface area is 251 Å². The van der Waals surface area contributed by atoms with Crippen LogP contribution < -0.4 is 15.7 Å². The summed E-state index contributed by atoms with van der Waals surface area (Å²) in [6, 6.07) is 11.1. The number of alkyl halides is 5. The molecule has 1 saturated carbocycles. The van der Waals surface area contributed by atoms with E-state index in [0.29, 0.717) is 18.4 Å². The van der Waals surface area contributed by atoms with Crippen LogP contribution in [0.15, 0.2) is 30.3 Å². The third kappa shape index (κ3) is 6.73. The average Bonchev–Trinajstić information content (AvgIpc) is 3.64. The molecule has 0 bridgehead atoms. The number of fused-ring (bicyclic) bond motifs is 2. The van der Waals surface area contributed by atoms with Crippen LogP contribution in [0.2, 0.25) is 0 Å². The highest BCUT2D eigenvalue weighted by Gasteiger charge is 2.58. The van der Waals surface area contributed by atoms with Gasteiger partial charge in [0.05, 0.1) is 24.5 Å². The highest BCUT2D eigenvalue weighted by Crippen LogP contribution is 2.45. The number of quaternary nitrogens is 2. The standard InChI is InChI=1S/C28H36F2N4OS.C2HF3O2/c29-25(30)26-33-22-15-32-17-28(24(22)36-26)16-31-14-21(28)27(35)34-12-11-20(18-7-3-1-4-8-18)13-23(34)19-9-5-2-6-10-19;3-2(4,5)1(6)7/h1,3-4,7-8,19-21,23,25,31-32H,2,5-6,9-17H2;(H,6,7)/p+1/t20-,21?,23+,28+;/m1./s1. The quantitative estimate of drug-likeness (QED) is 0.507. The fourth-order valence-corrected chi connectivity index (χ4v) is 8.92. The number of hydrogen-bond acceptors (Lipinski definition) is 5. The Morgan fingerprint density at radius 2 is 1.72 bits per heavy atom. The van der Waals surface area contributed by atoms with Gasteiger partial charge in [0.25, 0.3) is 6.43 Å². The summed E-state index contributed by atoms with van der Waals surface area (Å²) in [5, 5.41) is 13.1. The van der Waals surface area contributed by atoms with Gasteiger partial charge in [0, 0.05) is 12.6 Å². The maximum Gasteiger partial charge on any atom is 0.430 e. The number of aliphatic carboxylic acids is 1. The molecule has 1 amide bonds. The maximum absolute atomic E-state index is 14.4. The fourth-order valence-electron chi connectivity index (χ4n) is 7.70. The molecule has 3 fully saturated rings. The minimum absolute atomic E-state index is 0.0865. The fraction of sp³-hybridized carbons (Fsp3) is 0.633. The van der Waals surface area contributed by atoms with Crippen LogP contribution >= 0.6 is 11.3 Å². The smallest absolute Gasteiger partial charge is 0.430 e. The number of carbonyl (C=O) groups excluding carboxylic acids is 2. The van der Waals surface area contributed by atoms with Crippen molar-refractivity contribution in [2.45, 2.75) is 81.5 Å². The summed E-state index contributed by atoms with van der Waals surface area (Å²) < 4.78 is 58.7. The molecule has 13 heteroatoms. The molecule has 4 aliphatic rings. The number of hydrogen-bond donors (Lipinski definition) is 2. The number of halogens is 5. The van der Waals surface area contributed by atoms with Gasteiger partial charge in [-0.25, -0.2) is 13.8 Å². The van der Waals surface area contributed by atoms with E-state index in [4.69, 9.17) is 9.90 Å². The van der Waals surface area contributed by atoms with Crippen LogP contribution in [-0.2, 0) is 21.5 Å². The molecule has 6 rings (SSSR count). The zero-order valence-electron chi connectivity index (χ0n) is 23.8. The lowest BCUT2D eigenvalue weighted by molar-refractivity contribution is -0.691. The first-order valence-corrected chi connectivity index (χ1v) is 15.9. The average molecular weight is 630 g/mol. The minimum Gasteiger partial charge on any atom is -0.542 e. The Morgan fingerprint density at radius 3 is 2.37 bits per heavy atom. The second kappa shape index (κ2) is 13.2. The molecule has 1 spiro atoms. The van der Waals surface area contributed by atoms with Gasteiger partial charge in [-0.15, -0.1) is 11.3 Å². The summed E-state index contributed by atoms with van der Waals surface area (Å²) in [5.41, 5.74) is 1.79. The highest BCUT2D eigenvalue weighted by molar-refractivity contribution is 7.12. The van der Waals surface area contributed by atoms with E-state index >= 15 is 0 Å². The molecule has 1 unspecified atom stereocenters. The number of benzene rings is 1. The van der Waals surface area contributed by atoms with E-state index < -0.39 is 18.6 Å². The summed E-state index contributed by atoms with van der Waals surface area (Å²) in [6.07, 6.45) is 0.533. The zero-order chi connectivity index (χ0) is 30.8. The zero-order valence-corrected chi connectivity index (χ0v) is 24.6. The second-order valence-electron chi connectivity index (χ2n) is 12.2. The van der Waals surface area contributed by atoms with Crippen molar-refractivity contribution in [2.75, 3.05) is 26.2 Å². The van der Waals surface area contributed by atoms with Crippen LogP contribution in [0.25, 0.3) is 0 Å². The molecule has 3 aliphatic heterocycles. The number of carboxylic acid groups (broad SMARTS) is 1. The predicted octanol–water partition coefficient (Wildman–Crippen LogP) is 2.24. The van der Waals surface area contributed by atoms with Crippen molar-refractivity contribution in [3.63, 3.8) is 0 Å². The number of aromatic nitrogens is 1. The number of piperidine rings is 1. The Bertz CT molecular complexity index is 1270. The van der Waals surface area contributed by atoms with E-state index in [0.717, 1.165) is 60.9 Å². The normalized spacial score (nSPS) is 28.0. The molecule has 43 heavy (non-hydrogen) atoms. The molecule has 0 radical (unpaired) electrons. The minimum atomic E-state index is -5.19. The number of likely N-dealkylation sites (tertiary alicyclic amines) is 1. The van der Waals surface area contributed by atoms with Gasteiger partial charge in [-0.3, -0.25) is 4.79 Å². The van der Waals surface area contributed by atoms with Gasteiger partial charge < -0.3 is 25.4 Å². The van der Waals surface area contributed by atoms with E-state index in [1.807, 2.05) is 0 Å². The van der Waals surface area contributed by atoms with Gasteiger partial charge in [0.2, 0.25) is 5.91 Å². The summed E-state index contributed by atoms with van der Waals surface area (Å²) in [7, 11) is 0. The molecular formula is C30H38F5N4O3S+. The van der Waals surface area contributed by atoms with Crippen LogP contribution in [0.5, 0.6) is 0 Å². The van der Waals surface area contributed by atoms with Crippen molar-refractivity contribution in [3.05, 3.63) is 51.5 Å². The molecule has 2 saturated heterocycles. The first kappa shape index (κ1) is 31.8. The van der Waals surface area contributed by atoms with E-state index in [-0.39, 0.29) is 28.3 Å². The van der Waals surface area contributed by atoms with E-state index in [2.05, 4.69) is 50.8 Å². The van der Waals surface area contributed by atoms with Crippen LogP contribution in [-0.4, -0.2) is 60.2 Å². The molecule has 4 N–H and O–H groups in total. The number of nitrogens with two attached hydrogens (primary N) is 2. The SMILES string of the molecule is O=C(C1C[NH2+]C[C@]12C[NH2+]Cc1nc(C(F)F)sc12)N1CC[C@@H](c2ccccc2)C[C@H]1C1CCCCC1.O=C([O-])C(F)(F)F. The Morgan fingerprint density at radius 1 is 1.05 bits per heavy atom. The van der Waals surface area contributed by atoms with E-state index in [1.54, 1.807) is 0 Å². The molecule has 4 heterocycles. The highest BCUT2D eigenvalue weighted by atomic mass is 32.1. The van der Waals surface area contributed by atoms with Gasteiger partial charge in [0.1, 0.15) is 29.5 Å². The number of carbonyl (C=O) groups is 2. The number of rotatable bonds is 4. The van der Waals surface area contributed by atoms with Gasteiger partial charge in [0.15, 0.2) is 5.01 Å². The number of thiazole rings is 1. The summed E-state index contributed by atoms with van der Waals surface area (Å²) in [4.78, 5) is 30.8. The molecule has 1 aliphatic carbocycles. The van der Waals surface area contributed by atoms with Crippen LogP contribution in [0, 0.1) is 11.8 Å². The molecule has 1 aromatic heterocycles. The van der Waals surface area contributed by atoms with E-state index in [9.17, 15) is 26.7 Å². The third-order valence-corrected chi connectivity index (χ3v) is 11.0. The van der Waals surface area contributed by atoms with Crippen molar-refractivity contribution < 1.29 is 47.3 Å². The number of nitrogens with zero attached hydrogens (tertiary/aromatic N) is 2. The maximum atomic E-state index is 14.4. The predicted molar refractivity (Wildman–Crippen MR) is 146 cm³/mol. The Kier molecular flexibility index (Phi) is 9.72. The van der Waals surface area contributed by atoms with Crippen molar-refractivity contribution in [3.8, 4) is 0 Å². The number of amides is 1.